The summed E-state index contributed by atoms with van der Waals surface area (Å²) in [6.07, 6.45) is 3.88. The summed E-state index contributed by atoms with van der Waals surface area (Å²) in [6, 6.07) is 6.24. The van der Waals surface area contributed by atoms with E-state index in [2.05, 4.69) is 4.40 Å². The van der Waals surface area contributed by atoms with Crippen molar-refractivity contribution >= 4 is 21.5 Å². The summed E-state index contributed by atoms with van der Waals surface area (Å²) in [4.78, 5) is 2.08. The minimum Gasteiger partial charge on any atom is -0.399 e. The first-order valence-electron chi connectivity index (χ1n) is 6.39. The van der Waals surface area contributed by atoms with Crippen molar-refractivity contribution in [2.24, 2.45) is 4.40 Å². The molecule has 0 aromatic heterocycles. The van der Waals surface area contributed by atoms with E-state index in [4.69, 9.17) is 5.73 Å². The fourth-order valence-electron chi connectivity index (χ4n) is 2.11. The molecule has 104 valence electrons. The average molecular weight is 281 g/mol. The number of likely N-dealkylation sites (tertiary alicyclic amines) is 1. The summed E-state index contributed by atoms with van der Waals surface area (Å²) in [6.45, 7) is 0.852. The zero-order valence-corrected chi connectivity index (χ0v) is 11.9. The maximum absolute atomic E-state index is 12.2. The predicted octanol–water partition coefficient (Wildman–Crippen LogP) is 1.86. The normalized spacial score (nSPS) is 19.4. The van der Waals surface area contributed by atoms with Crippen LogP contribution in [0.5, 0.6) is 0 Å². The lowest BCUT2D eigenvalue weighted by molar-refractivity contribution is 0.494. The number of hydrogen-bond donors (Lipinski definition) is 1. The molecule has 2 N–H and O–H groups in total. The van der Waals surface area contributed by atoms with Crippen LogP contribution in [0.1, 0.15) is 25.7 Å². The van der Waals surface area contributed by atoms with Crippen molar-refractivity contribution in [3.05, 3.63) is 24.3 Å². The average Bonchev–Trinajstić information content (AvgIpc) is 2.55. The Morgan fingerprint density at radius 2 is 2.05 bits per heavy atom. The Morgan fingerprint density at radius 3 is 2.79 bits per heavy atom. The zero-order chi connectivity index (χ0) is 13.9. The molecule has 0 bridgehead atoms. The predicted molar refractivity (Wildman–Crippen MR) is 76.6 cm³/mol. The van der Waals surface area contributed by atoms with Gasteiger partial charge in [0.05, 0.1) is 4.90 Å². The fourth-order valence-corrected chi connectivity index (χ4v) is 3.26. The van der Waals surface area contributed by atoms with Crippen molar-refractivity contribution in [1.82, 2.24) is 4.90 Å². The Morgan fingerprint density at radius 1 is 1.26 bits per heavy atom. The second-order valence-corrected chi connectivity index (χ2v) is 6.39. The number of amidine groups is 1. The summed E-state index contributed by atoms with van der Waals surface area (Å²) >= 11 is 0. The zero-order valence-electron chi connectivity index (χ0n) is 11.0. The van der Waals surface area contributed by atoms with Crippen LogP contribution in [-0.2, 0) is 10.0 Å². The molecule has 1 aromatic rings. The maximum atomic E-state index is 12.2. The summed E-state index contributed by atoms with van der Waals surface area (Å²) in [5.74, 6) is 0.639. The van der Waals surface area contributed by atoms with Crippen molar-refractivity contribution < 1.29 is 8.42 Å². The Kier molecular flexibility index (Phi) is 4.09. The number of benzene rings is 1. The van der Waals surface area contributed by atoms with Crippen LogP contribution >= 0.6 is 0 Å². The molecule has 1 saturated heterocycles. The number of nitrogen functional groups attached to an aromatic ring is 1. The van der Waals surface area contributed by atoms with Crippen LogP contribution in [0.25, 0.3) is 0 Å². The summed E-state index contributed by atoms with van der Waals surface area (Å²) in [7, 11) is -1.78. The van der Waals surface area contributed by atoms with E-state index in [9.17, 15) is 8.42 Å². The quantitative estimate of drug-likeness (QED) is 0.840. The number of hydrogen-bond acceptors (Lipinski definition) is 3. The van der Waals surface area contributed by atoms with Crippen molar-refractivity contribution in [3.8, 4) is 0 Å². The highest BCUT2D eigenvalue weighted by atomic mass is 32.2. The molecular weight excluding hydrogens is 262 g/mol. The fraction of sp³-hybridized carbons (Fsp3) is 0.462. The first-order chi connectivity index (χ1) is 8.99. The van der Waals surface area contributed by atoms with Gasteiger partial charge in [-0.25, -0.2) is 0 Å². The number of anilines is 1. The molecule has 1 aliphatic heterocycles. The molecule has 0 atom stereocenters. The monoisotopic (exact) mass is 281 g/mol. The van der Waals surface area contributed by atoms with Crippen molar-refractivity contribution in [2.45, 2.75) is 30.6 Å². The lowest BCUT2D eigenvalue weighted by Crippen LogP contribution is -2.26. The van der Waals surface area contributed by atoms with E-state index in [1.807, 2.05) is 11.9 Å². The van der Waals surface area contributed by atoms with Crippen LogP contribution in [0.3, 0.4) is 0 Å². The molecule has 0 radical (unpaired) electrons. The number of nitrogens with two attached hydrogens (primary N) is 1. The molecule has 6 heteroatoms. The number of rotatable bonds is 2. The van der Waals surface area contributed by atoms with E-state index in [0.717, 1.165) is 25.8 Å². The molecule has 1 aromatic carbocycles. The number of nitrogens with zero attached hydrogens (tertiary/aromatic N) is 2. The van der Waals surface area contributed by atoms with Gasteiger partial charge < -0.3 is 10.6 Å². The van der Waals surface area contributed by atoms with E-state index in [1.54, 1.807) is 12.1 Å². The molecule has 5 nitrogen and oxygen atoms in total. The van der Waals surface area contributed by atoms with E-state index < -0.39 is 10.0 Å². The molecule has 2 rings (SSSR count). The van der Waals surface area contributed by atoms with Crippen molar-refractivity contribution in [2.75, 3.05) is 19.3 Å². The Balaban J connectivity index is 2.34. The topological polar surface area (TPSA) is 75.8 Å². The van der Waals surface area contributed by atoms with Gasteiger partial charge in [0.1, 0.15) is 5.84 Å². The SMILES string of the molecule is CN1CCCCC/C1=N\S(=O)(=O)c1cccc(N)c1. The highest BCUT2D eigenvalue weighted by Crippen LogP contribution is 2.18. The highest BCUT2D eigenvalue weighted by molar-refractivity contribution is 7.90. The molecule has 1 heterocycles. The van der Waals surface area contributed by atoms with Gasteiger partial charge in [-0.05, 0) is 31.0 Å². The largest absolute Gasteiger partial charge is 0.399 e. The molecule has 0 unspecified atom stereocenters. The Labute approximate surface area is 114 Å². The van der Waals surface area contributed by atoms with Gasteiger partial charge in [-0.3, -0.25) is 0 Å². The molecule has 1 fully saturated rings. The van der Waals surface area contributed by atoms with Gasteiger partial charge in [0.15, 0.2) is 0 Å². The third-order valence-electron chi connectivity index (χ3n) is 3.22. The minimum absolute atomic E-state index is 0.151. The van der Waals surface area contributed by atoms with Crippen LogP contribution in [0.15, 0.2) is 33.6 Å². The van der Waals surface area contributed by atoms with E-state index in [1.165, 1.54) is 12.1 Å². The smallest absolute Gasteiger partial charge is 0.284 e. The van der Waals surface area contributed by atoms with Gasteiger partial charge in [0.2, 0.25) is 0 Å². The molecule has 0 aliphatic carbocycles. The number of sulfonamides is 1. The van der Waals surface area contributed by atoms with Crippen molar-refractivity contribution in [3.63, 3.8) is 0 Å². The maximum Gasteiger partial charge on any atom is 0.284 e. The van der Waals surface area contributed by atoms with Gasteiger partial charge in [0, 0.05) is 25.7 Å². The van der Waals surface area contributed by atoms with Crippen LogP contribution in [0.2, 0.25) is 0 Å². The molecular formula is C13H19N3O2S. The molecule has 0 amide bonds. The van der Waals surface area contributed by atoms with Gasteiger partial charge >= 0.3 is 0 Å². The third-order valence-corrected chi connectivity index (χ3v) is 4.52. The second-order valence-electron chi connectivity index (χ2n) is 4.79. The summed E-state index contributed by atoms with van der Waals surface area (Å²) in [5.41, 5.74) is 6.04. The molecule has 0 saturated carbocycles. The summed E-state index contributed by atoms with van der Waals surface area (Å²) < 4.78 is 28.5. The van der Waals surface area contributed by atoms with Gasteiger partial charge in [-0.1, -0.05) is 12.5 Å². The first-order valence-corrected chi connectivity index (χ1v) is 7.83. The van der Waals surface area contributed by atoms with E-state index in [0.29, 0.717) is 17.9 Å². The Bertz CT molecular complexity index is 581. The van der Waals surface area contributed by atoms with Crippen LogP contribution in [-0.4, -0.2) is 32.7 Å². The van der Waals surface area contributed by atoms with Gasteiger partial charge in [-0.2, -0.15) is 8.42 Å². The van der Waals surface area contributed by atoms with Crippen LogP contribution in [0, 0.1) is 0 Å². The molecule has 0 spiro atoms. The Hall–Kier alpha value is -1.56. The van der Waals surface area contributed by atoms with E-state index >= 15 is 0 Å². The lowest BCUT2D eigenvalue weighted by Gasteiger charge is -2.17. The second kappa shape index (κ2) is 5.61. The minimum atomic E-state index is -3.67. The first kappa shape index (κ1) is 13.9. The summed E-state index contributed by atoms with van der Waals surface area (Å²) in [5, 5.41) is 0. The van der Waals surface area contributed by atoms with Crippen LogP contribution < -0.4 is 5.73 Å². The highest BCUT2D eigenvalue weighted by Gasteiger charge is 2.18. The molecule has 19 heavy (non-hydrogen) atoms. The van der Waals surface area contributed by atoms with Crippen LogP contribution in [0.4, 0.5) is 5.69 Å². The standard InChI is InChI=1S/C13H19N3O2S/c1-16-9-4-2-3-8-13(16)15-19(17,18)12-7-5-6-11(14)10-12/h5-7,10H,2-4,8-9,14H2,1H3/b15-13+. The molecule has 1 aliphatic rings. The lowest BCUT2D eigenvalue weighted by atomic mass is 10.2. The third kappa shape index (κ3) is 3.47. The van der Waals surface area contributed by atoms with Gasteiger partial charge in [0.25, 0.3) is 10.0 Å². The van der Waals surface area contributed by atoms with E-state index in [-0.39, 0.29) is 4.90 Å². The van der Waals surface area contributed by atoms with Crippen molar-refractivity contribution in [1.29, 1.82) is 0 Å². The van der Waals surface area contributed by atoms with Gasteiger partial charge in [-0.15, -0.1) is 4.40 Å².